The van der Waals surface area contributed by atoms with Gasteiger partial charge in [0.25, 0.3) is 5.91 Å². The Hall–Kier alpha value is -2.64. The van der Waals surface area contributed by atoms with Gasteiger partial charge in [-0.05, 0) is 51.3 Å². The largest absolute Gasteiger partial charge is 0.320 e. The lowest BCUT2D eigenvalue weighted by atomic mass is 10.0. The Labute approximate surface area is 173 Å². The predicted molar refractivity (Wildman–Crippen MR) is 117 cm³/mol. The highest BCUT2D eigenvalue weighted by molar-refractivity contribution is 9.10. The molecule has 28 heavy (non-hydrogen) atoms. The molecule has 5 nitrogen and oxygen atoms in total. The summed E-state index contributed by atoms with van der Waals surface area (Å²) in [6.45, 7) is 0. The van der Waals surface area contributed by atoms with Crippen molar-refractivity contribution in [1.29, 1.82) is 0 Å². The monoisotopic (exact) mass is 458 g/mol. The van der Waals surface area contributed by atoms with Crippen LogP contribution in [-0.2, 0) is 10.0 Å². The van der Waals surface area contributed by atoms with Crippen LogP contribution in [0.1, 0.15) is 10.4 Å². The van der Waals surface area contributed by atoms with Crippen LogP contribution < -0.4 is 9.62 Å². The molecule has 0 radical (unpaired) electrons. The molecule has 0 unspecified atom stereocenters. The third-order valence-corrected chi connectivity index (χ3v) is 6.19. The second-order valence-electron chi connectivity index (χ2n) is 6.26. The Kier molecular flexibility index (Phi) is 5.86. The Morgan fingerprint density at radius 1 is 0.929 bits per heavy atom. The van der Waals surface area contributed by atoms with E-state index in [1.54, 1.807) is 30.3 Å². The van der Waals surface area contributed by atoms with E-state index in [4.69, 9.17) is 0 Å². The van der Waals surface area contributed by atoms with Crippen LogP contribution in [-0.4, -0.2) is 27.6 Å². The van der Waals surface area contributed by atoms with Gasteiger partial charge in [0.1, 0.15) is 0 Å². The molecule has 0 saturated carbocycles. The van der Waals surface area contributed by atoms with Crippen molar-refractivity contribution in [2.24, 2.45) is 0 Å². The molecule has 0 aromatic heterocycles. The minimum Gasteiger partial charge on any atom is -0.320 e. The summed E-state index contributed by atoms with van der Waals surface area (Å²) >= 11 is 3.37. The Bertz CT molecular complexity index is 1120. The number of anilines is 2. The fourth-order valence-electron chi connectivity index (χ4n) is 2.73. The highest BCUT2D eigenvalue weighted by atomic mass is 79.9. The fraction of sp³-hybridized carbons (Fsp3) is 0.0952. The van der Waals surface area contributed by atoms with Crippen molar-refractivity contribution in [2.45, 2.75) is 0 Å². The average molecular weight is 459 g/mol. The SMILES string of the molecule is CN(c1ccc(-c2ccccc2)cc1NC(=O)c1ccccc1Br)S(C)(=O)=O. The topological polar surface area (TPSA) is 66.5 Å². The van der Waals surface area contributed by atoms with E-state index in [1.807, 2.05) is 42.5 Å². The molecule has 0 fully saturated rings. The van der Waals surface area contributed by atoms with Crippen molar-refractivity contribution < 1.29 is 13.2 Å². The first-order chi connectivity index (χ1) is 13.3. The fourth-order valence-corrected chi connectivity index (χ4v) is 3.72. The zero-order valence-electron chi connectivity index (χ0n) is 15.4. The van der Waals surface area contributed by atoms with Crippen LogP contribution in [0.4, 0.5) is 11.4 Å². The third kappa shape index (κ3) is 4.43. The number of amides is 1. The zero-order valence-corrected chi connectivity index (χ0v) is 17.8. The van der Waals surface area contributed by atoms with Crippen LogP contribution in [0.5, 0.6) is 0 Å². The minimum absolute atomic E-state index is 0.333. The van der Waals surface area contributed by atoms with E-state index in [0.717, 1.165) is 21.7 Å². The molecule has 0 bridgehead atoms. The molecule has 0 aliphatic carbocycles. The van der Waals surface area contributed by atoms with Crippen molar-refractivity contribution in [3.8, 4) is 11.1 Å². The van der Waals surface area contributed by atoms with Crippen LogP contribution in [0.25, 0.3) is 11.1 Å². The summed E-state index contributed by atoms with van der Waals surface area (Å²) in [5.74, 6) is -0.333. The third-order valence-electron chi connectivity index (χ3n) is 4.31. The molecule has 0 heterocycles. The smallest absolute Gasteiger partial charge is 0.256 e. The highest BCUT2D eigenvalue weighted by Gasteiger charge is 2.19. The van der Waals surface area contributed by atoms with E-state index >= 15 is 0 Å². The van der Waals surface area contributed by atoms with Gasteiger partial charge in [0.15, 0.2) is 0 Å². The molecule has 7 heteroatoms. The average Bonchev–Trinajstić information content (AvgIpc) is 2.67. The number of hydrogen-bond donors (Lipinski definition) is 1. The maximum absolute atomic E-state index is 12.8. The lowest BCUT2D eigenvalue weighted by Gasteiger charge is -2.21. The van der Waals surface area contributed by atoms with Crippen molar-refractivity contribution in [3.05, 3.63) is 82.8 Å². The molecular formula is C21H19BrN2O3S. The standard InChI is InChI=1S/C21H19BrN2O3S/c1-24(28(2,26)27)20-13-12-16(15-8-4-3-5-9-15)14-19(20)23-21(25)17-10-6-7-11-18(17)22/h3-14H,1-2H3,(H,23,25). The number of nitrogens with zero attached hydrogens (tertiary/aromatic N) is 1. The van der Waals surface area contributed by atoms with Gasteiger partial charge in [-0.1, -0.05) is 48.5 Å². The van der Waals surface area contributed by atoms with Gasteiger partial charge in [-0.15, -0.1) is 0 Å². The Morgan fingerprint density at radius 3 is 2.21 bits per heavy atom. The van der Waals surface area contributed by atoms with Gasteiger partial charge >= 0.3 is 0 Å². The molecule has 1 N–H and O–H groups in total. The summed E-state index contributed by atoms with van der Waals surface area (Å²) in [6, 6.07) is 22.0. The molecule has 0 aliphatic heterocycles. The molecule has 0 atom stereocenters. The quantitative estimate of drug-likeness (QED) is 0.598. The van der Waals surface area contributed by atoms with E-state index in [-0.39, 0.29) is 5.91 Å². The van der Waals surface area contributed by atoms with Gasteiger partial charge in [0.05, 0.1) is 23.2 Å². The van der Waals surface area contributed by atoms with Gasteiger partial charge in [0.2, 0.25) is 10.0 Å². The molecule has 0 spiro atoms. The lowest BCUT2D eigenvalue weighted by molar-refractivity contribution is 0.102. The number of benzene rings is 3. The molecule has 3 aromatic rings. The maximum Gasteiger partial charge on any atom is 0.256 e. The molecule has 3 rings (SSSR count). The summed E-state index contributed by atoms with van der Waals surface area (Å²) in [4.78, 5) is 12.8. The van der Waals surface area contributed by atoms with Gasteiger partial charge in [0, 0.05) is 11.5 Å². The second-order valence-corrected chi connectivity index (χ2v) is 9.13. The molecule has 0 saturated heterocycles. The number of rotatable bonds is 5. The first-order valence-corrected chi connectivity index (χ1v) is 11.1. The number of sulfonamides is 1. The molecule has 1 amide bonds. The molecular weight excluding hydrogens is 440 g/mol. The van der Waals surface area contributed by atoms with Crippen molar-refractivity contribution in [1.82, 2.24) is 0 Å². The number of halogens is 1. The molecule has 0 aliphatic rings. The minimum atomic E-state index is -3.49. The second kappa shape index (κ2) is 8.16. The summed E-state index contributed by atoms with van der Waals surface area (Å²) in [7, 11) is -2.03. The number of hydrogen-bond acceptors (Lipinski definition) is 3. The highest BCUT2D eigenvalue weighted by Crippen LogP contribution is 2.33. The first-order valence-electron chi connectivity index (χ1n) is 8.46. The summed E-state index contributed by atoms with van der Waals surface area (Å²) in [5, 5.41) is 2.86. The zero-order chi connectivity index (χ0) is 20.3. The van der Waals surface area contributed by atoms with Crippen molar-refractivity contribution in [2.75, 3.05) is 22.9 Å². The van der Waals surface area contributed by atoms with Crippen LogP contribution in [0.3, 0.4) is 0 Å². The van der Waals surface area contributed by atoms with E-state index in [2.05, 4.69) is 21.2 Å². The predicted octanol–water partition coefficient (Wildman–Crippen LogP) is 4.76. The van der Waals surface area contributed by atoms with Crippen molar-refractivity contribution in [3.63, 3.8) is 0 Å². The van der Waals surface area contributed by atoms with Crippen LogP contribution in [0.15, 0.2) is 77.3 Å². The van der Waals surface area contributed by atoms with Gasteiger partial charge in [-0.2, -0.15) is 0 Å². The van der Waals surface area contributed by atoms with Crippen LogP contribution >= 0.6 is 15.9 Å². The molecule has 3 aromatic carbocycles. The van der Waals surface area contributed by atoms with Gasteiger partial charge in [-0.25, -0.2) is 8.42 Å². The number of nitrogens with one attached hydrogen (secondary N) is 1. The van der Waals surface area contributed by atoms with Crippen LogP contribution in [0, 0.1) is 0 Å². The van der Waals surface area contributed by atoms with E-state index in [1.165, 1.54) is 7.05 Å². The number of carbonyl (C=O) groups is 1. The van der Waals surface area contributed by atoms with Crippen LogP contribution in [0.2, 0.25) is 0 Å². The van der Waals surface area contributed by atoms with E-state index in [0.29, 0.717) is 21.4 Å². The summed E-state index contributed by atoms with van der Waals surface area (Å²) < 4.78 is 25.9. The number of carbonyl (C=O) groups excluding carboxylic acids is 1. The summed E-state index contributed by atoms with van der Waals surface area (Å²) in [5.41, 5.74) is 3.10. The Morgan fingerprint density at radius 2 is 1.57 bits per heavy atom. The van der Waals surface area contributed by atoms with E-state index in [9.17, 15) is 13.2 Å². The van der Waals surface area contributed by atoms with Crippen molar-refractivity contribution >= 4 is 43.2 Å². The first kappa shape index (κ1) is 20.1. The Balaban J connectivity index is 2.07. The van der Waals surface area contributed by atoms with Gasteiger partial charge in [-0.3, -0.25) is 9.10 Å². The van der Waals surface area contributed by atoms with E-state index < -0.39 is 10.0 Å². The summed E-state index contributed by atoms with van der Waals surface area (Å²) in [6.07, 6.45) is 1.12. The maximum atomic E-state index is 12.8. The lowest BCUT2D eigenvalue weighted by Crippen LogP contribution is -2.26. The van der Waals surface area contributed by atoms with Gasteiger partial charge < -0.3 is 5.32 Å². The molecule has 144 valence electrons. The normalized spacial score (nSPS) is 11.1.